The molecule has 150 valence electrons. The fourth-order valence-electron chi connectivity index (χ4n) is 4.63. The van der Waals surface area contributed by atoms with E-state index in [1.54, 1.807) is 26.0 Å². The molecule has 29 heavy (non-hydrogen) atoms. The van der Waals surface area contributed by atoms with Crippen molar-refractivity contribution in [1.29, 1.82) is 0 Å². The predicted molar refractivity (Wildman–Crippen MR) is 106 cm³/mol. The maximum atomic E-state index is 13.5. The molecule has 2 bridgehead atoms. The van der Waals surface area contributed by atoms with Gasteiger partial charge in [0.25, 0.3) is 0 Å². The SMILES string of the molecule is CCOC(=O)[C@H]1[C@H](C(=O)OCC)[C@H]2c3ccccc3C(=O)[C@H]1N2c1ccccc1. The Hall–Kier alpha value is -3.15. The van der Waals surface area contributed by atoms with Crippen molar-refractivity contribution in [2.75, 3.05) is 18.1 Å². The number of rotatable bonds is 5. The molecule has 2 aliphatic rings. The van der Waals surface area contributed by atoms with Crippen LogP contribution in [-0.2, 0) is 19.1 Å². The van der Waals surface area contributed by atoms with Gasteiger partial charge in [0.2, 0.25) is 0 Å². The van der Waals surface area contributed by atoms with Gasteiger partial charge in [-0.1, -0.05) is 42.5 Å². The van der Waals surface area contributed by atoms with Gasteiger partial charge in [-0.15, -0.1) is 0 Å². The number of fused-ring (bicyclic) bond motifs is 4. The third-order valence-corrected chi connectivity index (χ3v) is 5.65. The molecule has 6 nitrogen and oxygen atoms in total. The Bertz CT molecular complexity index is 941. The number of ketones is 1. The second-order valence-corrected chi connectivity index (χ2v) is 7.14. The van der Waals surface area contributed by atoms with Crippen LogP contribution in [-0.4, -0.2) is 37.0 Å². The van der Waals surface area contributed by atoms with Crippen LogP contribution in [0.25, 0.3) is 0 Å². The van der Waals surface area contributed by atoms with Crippen LogP contribution in [0.3, 0.4) is 0 Å². The monoisotopic (exact) mass is 393 g/mol. The molecular formula is C23H23NO5. The molecule has 0 amide bonds. The first kappa shape index (κ1) is 19.2. The van der Waals surface area contributed by atoms with E-state index in [1.165, 1.54) is 0 Å². The molecule has 4 atom stereocenters. The van der Waals surface area contributed by atoms with Gasteiger partial charge >= 0.3 is 11.9 Å². The molecule has 2 aromatic carbocycles. The standard InChI is InChI=1S/C23H23NO5/c1-3-28-22(26)17-18(23(27)29-4-2)20-21(25)16-13-9-8-12-15(16)19(17)24(20)14-10-6-5-7-11-14/h5-13,17-20H,3-4H2,1-2H3/t17-,18-,19+,20-/m0/s1. The third-order valence-electron chi connectivity index (χ3n) is 5.65. The highest BCUT2D eigenvalue weighted by molar-refractivity contribution is 6.10. The van der Waals surface area contributed by atoms with Crippen molar-refractivity contribution in [3.8, 4) is 0 Å². The number of carbonyl (C=O) groups excluding carboxylic acids is 3. The topological polar surface area (TPSA) is 72.9 Å². The van der Waals surface area contributed by atoms with Gasteiger partial charge < -0.3 is 14.4 Å². The highest BCUT2D eigenvalue weighted by Gasteiger charge is 2.62. The normalized spacial score (nSPS) is 24.8. The first-order valence-electron chi connectivity index (χ1n) is 9.89. The fourth-order valence-corrected chi connectivity index (χ4v) is 4.63. The number of Topliss-reactive ketones (excluding diaryl/α,β-unsaturated/α-hetero) is 1. The van der Waals surface area contributed by atoms with E-state index in [0.29, 0.717) is 5.56 Å². The molecule has 0 aromatic heterocycles. The van der Waals surface area contributed by atoms with Gasteiger partial charge in [-0.3, -0.25) is 14.4 Å². The molecule has 4 rings (SSSR count). The molecule has 0 aliphatic carbocycles. The molecule has 2 aliphatic heterocycles. The van der Waals surface area contributed by atoms with Crippen LogP contribution in [0, 0.1) is 11.8 Å². The van der Waals surface area contributed by atoms with Gasteiger partial charge in [-0.2, -0.15) is 0 Å². The summed E-state index contributed by atoms with van der Waals surface area (Å²) in [4.78, 5) is 41.4. The van der Waals surface area contributed by atoms with E-state index in [4.69, 9.17) is 9.47 Å². The molecule has 1 fully saturated rings. The van der Waals surface area contributed by atoms with Crippen molar-refractivity contribution in [2.24, 2.45) is 11.8 Å². The average molecular weight is 393 g/mol. The first-order chi connectivity index (χ1) is 14.1. The maximum Gasteiger partial charge on any atom is 0.312 e. The van der Waals surface area contributed by atoms with Crippen LogP contribution in [0.2, 0.25) is 0 Å². The Morgan fingerprint density at radius 2 is 1.38 bits per heavy atom. The Balaban J connectivity index is 1.94. The molecule has 0 saturated carbocycles. The van der Waals surface area contributed by atoms with E-state index in [9.17, 15) is 14.4 Å². The fraction of sp³-hybridized carbons (Fsp3) is 0.348. The van der Waals surface area contributed by atoms with Crippen LogP contribution < -0.4 is 4.90 Å². The molecule has 2 aromatic rings. The lowest BCUT2D eigenvalue weighted by Crippen LogP contribution is -2.46. The van der Waals surface area contributed by atoms with Crippen molar-refractivity contribution in [3.63, 3.8) is 0 Å². The van der Waals surface area contributed by atoms with Crippen molar-refractivity contribution >= 4 is 23.4 Å². The zero-order valence-corrected chi connectivity index (χ0v) is 16.4. The smallest absolute Gasteiger partial charge is 0.312 e. The Morgan fingerprint density at radius 1 is 0.828 bits per heavy atom. The largest absolute Gasteiger partial charge is 0.466 e. The third kappa shape index (κ3) is 2.99. The van der Waals surface area contributed by atoms with Crippen LogP contribution in [0.5, 0.6) is 0 Å². The lowest BCUT2D eigenvalue weighted by atomic mass is 9.86. The van der Waals surface area contributed by atoms with Gasteiger partial charge in [0, 0.05) is 11.3 Å². The lowest BCUT2D eigenvalue weighted by molar-refractivity contribution is -0.159. The summed E-state index contributed by atoms with van der Waals surface area (Å²) in [5, 5.41) is 0. The summed E-state index contributed by atoms with van der Waals surface area (Å²) in [6.45, 7) is 3.81. The maximum absolute atomic E-state index is 13.5. The Kier molecular flexibility index (Phi) is 5.09. The zero-order chi connectivity index (χ0) is 20.5. The summed E-state index contributed by atoms with van der Waals surface area (Å²) >= 11 is 0. The van der Waals surface area contributed by atoms with E-state index in [0.717, 1.165) is 11.3 Å². The molecule has 0 spiro atoms. The molecule has 0 radical (unpaired) electrons. The first-order valence-corrected chi connectivity index (χ1v) is 9.89. The molecule has 0 unspecified atom stereocenters. The lowest BCUT2D eigenvalue weighted by Gasteiger charge is -2.38. The number of nitrogens with zero attached hydrogens (tertiary/aromatic N) is 1. The number of hydrogen-bond acceptors (Lipinski definition) is 6. The molecule has 1 saturated heterocycles. The van der Waals surface area contributed by atoms with Crippen molar-refractivity contribution < 1.29 is 23.9 Å². The molecule has 2 heterocycles. The minimum Gasteiger partial charge on any atom is -0.466 e. The van der Waals surface area contributed by atoms with E-state index in [2.05, 4.69) is 0 Å². The van der Waals surface area contributed by atoms with Crippen molar-refractivity contribution in [2.45, 2.75) is 25.9 Å². The zero-order valence-electron chi connectivity index (χ0n) is 16.4. The van der Waals surface area contributed by atoms with Gasteiger partial charge in [0.15, 0.2) is 5.78 Å². The van der Waals surface area contributed by atoms with Gasteiger partial charge in [-0.25, -0.2) is 0 Å². The number of hydrogen-bond donors (Lipinski definition) is 0. The van der Waals surface area contributed by atoms with E-state index in [1.807, 2.05) is 47.4 Å². The highest BCUT2D eigenvalue weighted by atomic mass is 16.5. The second kappa shape index (κ2) is 7.70. The number of benzene rings is 2. The average Bonchev–Trinajstić information content (AvgIpc) is 3.05. The van der Waals surface area contributed by atoms with Crippen LogP contribution in [0.15, 0.2) is 54.6 Å². The summed E-state index contributed by atoms with van der Waals surface area (Å²) in [6.07, 6.45) is 0. The van der Waals surface area contributed by atoms with Crippen LogP contribution in [0.4, 0.5) is 5.69 Å². The summed E-state index contributed by atoms with van der Waals surface area (Å²) in [7, 11) is 0. The Morgan fingerprint density at radius 3 is 2.00 bits per heavy atom. The minimum absolute atomic E-state index is 0.175. The van der Waals surface area contributed by atoms with Crippen LogP contribution in [0.1, 0.15) is 35.8 Å². The summed E-state index contributed by atoms with van der Waals surface area (Å²) in [5.74, 6) is -2.96. The van der Waals surface area contributed by atoms with Gasteiger partial charge in [-0.05, 0) is 31.5 Å². The second-order valence-electron chi connectivity index (χ2n) is 7.14. The van der Waals surface area contributed by atoms with E-state index >= 15 is 0 Å². The number of anilines is 1. The number of ether oxygens (including phenoxy) is 2. The van der Waals surface area contributed by atoms with Gasteiger partial charge in [0.05, 0.1) is 25.2 Å². The van der Waals surface area contributed by atoms with E-state index in [-0.39, 0.29) is 19.0 Å². The van der Waals surface area contributed by atoms with Crippen LogP contribution >= 0.6 is 0 Å². The van der Waals surface area contributed by atoms with Crippen molar-refractivity contribution in [1.82, 2.24) is 0 Å². The molecule has 6 heteroatoms. The predicted octanol–water partition coefficient (Wildman–Crippen LogP) is 3.17. The number of esters is 2. The Labute approximate surface area is 169 Å². The molecule has 0 N–H and O–H groups in total. The summed E-state index contributed by atoms with van der Waals surface area (Å²) in [6, 6.07) is 15.4. The minimum atomic E-state index is -0.931. The summed E-state index contributed by atoms with van der Waals surface area (Å²) in [5.41, 5.74) is 2.07. The number of carbonyl (C=O) groups is 3. The number of para-hydroxylation sites is 1. The highest BCUT2D eigenvalue weighted by Crippen LogP contribution is 2.53. The van der Waals surface area contributed by atoms with Crippen molar-refractivity contribution in [3.05, 3.63) is 65.7 Å². The summed E-state index contributed by atoms with van der Waals surface area (Å²) < 4.78 is 10.6. The molecular weight excluding hydrogens is 370 g/mol. The van der Waals surface area contributed by atoms with E-state index < -0.39 is 35.9 Å². The van der Waals surface area contributed by atoms with Gasteiger partial charge in [0.1, 0.15) is 12.0 Å². The quantitative estimate of drug-likeness (QED) is 0.727.